The summed E-state index contributed by atoms with van der Waals surface area (Å²) in [5, 5.41) is 0. The van der Waals surface area contributed by atoms with Crippen LogP contribution in [0.25, 0.3) is 4.91 Å². The van der Waals surface area contributed by atoms with Crippen molar-refractivity contribution in [1.29, 1.82) is 0 Å². The van der Waals surface area contributed by atoms with E-state index in [0.717, 1.165) is 0 Å². The van der Waals surface area contributed by atoms with Crippen LogP contribution in [0.4, 0.5) is 13.2 Å². The fourth-order valence-corrected chi connectivity index (χ4v) is 3.13. The van der Waals surface area contributed by atoms with Gasteiger partial charge in [0.15, 0.2) is 0 Å². The SMILES string of the molecule is O=S(=O)(/C(=C/C(F)(F)F)c1ccccn1)c1ccccc1. The molecular formula is C14H10F3NO2S. The molecule has 0 saturated heterocycles. The van der Waals surface area contributed by atoms with Crippen LogP contribution >= 0.6 is 0 Å². The van der Waals surface area contributed by atoms with Crippen LogP contribution < -0.4 is 0 Å². The summed E-state index contributed by atoms with van der Waals surface area (Å²) in [4.78, 5) is 2.62. The number of pyridine rings is 1. The van der Waals surface area contributed by atoms with E-state index >= 15 is 0 Å². The summed E-state index contributed by atoms with van der Waals surface area (Å²) in [6.07, 6.45) is -3.77. The quantitative estimate of drug-likeness (QED) is 0.872. The van der Waals surface area contributed by atoms with Gasteiger partial charge in [-0.25, -0.2) is 8.42 Å². The molecule has 0 atom stereocenters. The highest BCUT2D eigenvalue weighted by Gasteiger charge is 2.32. The van der Waals surface area contributed by atoms with E-state index in [2.05, 4.69) is 4.98 Å². The predicted octanol–water partition coefficient (Wildman–Crippen LogP) is 3.46. The Labute approximate surface area is 119 Å². The molecule has 0 unspecified atom stereocenters. The van der Waals surface area contributed by atoms with Gasteiger partial charge in [-0.15, -0.1) is 0 Å². The second-order valence-corrected chi connectivity index (χ2v) is 6.00. The van der Waals surface area contributed by atoms with Gasteiger partial charge in [0.25, 0.3) is 0 Å². The molecule has 0 N–H and O–H groups in total. The molecule has 0 radical (unpaired) electrons. The Hall–Kier alpha value is -2.15. The summed E-state index contributed by atoms with van der Waals surface area (Å²) in [6.45, 7) is 0. The molecule has 2 aromatic rings. The van der Waals surface area contributed by atoms with Gasteiger partial charge in [-0.1, -0.05) is 24.3 Å². The van der Waals surface area contributed by atoms with Crippen molar-refractivity contribution < 1.29 is 21.6 Å². The summed E-state index contributed by atoms with van der Waals surface area (Å²) in [5.41, 5.74) is -0.251. The van der Waals surface area contributed by atoms with E-state index in [4.69, 9.17) is 0 Å². The number of rotatable bonds is 3. The Morgan fingerprint density at radius 2 is 1.62 bits per heavy atom. The first kappa shape index (κ1) is 15.2. The third kappa shape index (κ3) is 3.69. The molecule has 7 heteroatoms. The molecule has 0 fully saturated rings. The molecule has 0 amide bonds. The van der Waals surface area contributed by atoms with Crippen molar-refractivity contribution in [1.82, 2.24) is 4.98 Å². The summed E-state index contributed by atoms with van der Waals surface area (Å²) in [6, 6.07) is 11.1. The molecule has 0 saturated carbocycles. The standard InChI is InChI=1S/C14H10F3NO2S/c15-14(16,17)10-13(12-8-4-5-9-18-12)21(19,20)11-6-2-1-3-7-11/h1-10H/b13-10+. The first-order chi connectivity index (χ1) is 9.81. The smallest absolute Gasteiger partial charge is 0.256 e. The van der Waals surface area contributed by atoms with Crippen molar-refractivity contribution in [2.45, 2.75) is 11.1 Å². The minimum Gasteiger partial charge on any atom is -0.256 e. The van der Waals surface area contributed by atoms with Gasteiger partial charge in [-0.3, -0.25) is 4.98 Å². The van der Waals surface area contributed by atoms with Crippen LogP contribution in [0, 0.1) is 0 Å². The second kappa shape index (κ2) is 5.69. The van der Waals surface area contributed by atoms with Crippen LogP contribution in [0.1, 0.15) is 5.69 Å². The lowest BCUT2D eigenvalue weighted by molar-refractivity contribution is -0.0792. The van der Waals surface area contributed by atoms with Gasteiger partial charge >= 0.3 is 6.18 Å². The normalized spacial score (nSPS) is 13.2. The van der Waals surface area contributed by atoms with Crippen molar-refractivity contribution in [3.8, 4) is 0 Å². The maximum absolute atomic E-state index is 12.7. The molecule has 0 bridgehead atoms. The van der Waals surface area contributed by atoms with Crippen LogP contribution in [-0.4, -0.2) is 19.6 Å². The van der Waals surface area contributed by atoms with E-state index < -0.39 is 20.9 Å². The van der Waals surface area contributed by atoms with Crippen LogP contribution in [-0.2, 0) is 9.84 Å². The maximum atomic E-state index is 12.7. The number of sulfone groups is 1. The average molecular weight is 313 g/mol. The molecule has 1 aromatic heterocycles. The topological polar surface area (TPSA) is 47.0 Å². The molecule has 0 aliphatic heterocycles. The highest BCUT2D eigenvalue weighted by molar-refractivity contribution is 8.00. The lowest BCUT2D eigenvalue weighted by Gasteiger charge is -2.10. The molecule has 1 aromatic carbocycles. The second-order valence-electron chi connectivity index (χ2n) is 4.08. The Balaban J connectivity index is 2.65. The summed E-state index contributed by atoms with van der Waals surface area (Å²) in [5.74, 6) is 0. The number of nitrogens with zero attached hydrogens (tertiary/aromatic N) is 1. The van der Waals surface area contributed by atoms with E-state index in [1.165, 1.54) is 48.7 Å². The van der Waals surface area contributed by atoms with Gasteiger partial charge in [0.2, 0.25) is 9.84 Å². The van der Waals surface area contributed by atoms with Crippen LogP contribution in [0.2, 0.25) is 0 Å². The maximum Gasteiger partial charge on any atom is 0.411 e. The van der Waals surface area contributed by atoms with Gasteiger partial charge in [-0.2, -0.15) is 13.2 Å². The zero-order chi connectivity index (χ0) is 15.5. The number of allylic oxidation sites excluding steroid dienone is 1. The monoisotopic (exact) mass is 313 g/mol. The Morgan fingerprint density at radius 1 is 1.00 bits per heavy atom. The van der Waals surface area contributed by atoms with E-state index in [0.29, 0.717) is 0 Å². The number of alkyl halides is 3. The van der Waals surface area contributed by atoms with Gasteiger partial charge < -0.3 is 0 Å². The lowest BCUT2D eigenvalue weighted by Crippen LogP contribution is -2.11. The van der Waals surface area contributed by atoms with Crippen molar-refractivity contribution in [2.24, 2.45) is 0 Å². The Morgan fingerprint density at radius 3 is 2.14 bits per heavy atom. The molecule has 2 rings (SSSR count). The lowest BCUT2D eigenvalue weighted by atomic mass is 10.3. The summed E-state index contributed by atoms with van der Waals surface area (Å²) >= 11 is 0. The van der Waals surface area contributed by atoms with Gasteiger partial charge in [0, 0.05) is 12.3 Å². The zero-order valence-corrected chi connectivity index (χ0v) is 11.4. The Kier molecular flexibility index (Phi) is 4.13. The fraction of sp³-hybridized carbons (Fsp3) is 0.0714. The van der Waals surface area contributed by atoms with Gasteiger partial charge in [0.1, 0.15) is 4.91 Å². The predicted molar refractivity (Wildman–Crippen MR) is 71.9 cm³/mol. The first-order valence-electron chi connectivity index (χ1n) is 5.82. The molecule has 0 aliphatic rings. The number of hydrogen-bond acceptors (Lipinski definition) is 3. The van der Waals surface area contributed by atoms with Crippen molar-refractivity contribution in [3.05, 3.63) is 66.5 Å². The number of aromatic nitrogens is 1. The van der Waals surface area contributed by atoms with Crippen molar-refractivity contribution in [3.63, 3.8) is 0 Å². The molecule has 3 nitrogen and oxygen atoms in total. The van der Waals surface area contributed by atoms with E-state index in [1.54, 1.807) is 6.07 Å². The first-order valence-corrected chi connectivity index (χ1v) is 7.30. The molecule has 0 aliphatic carbocycles. The number of hydrogen-bond donors (Lipinski definition) is 0. The van der Waals surface area contributed by atoms with Crippen molar-refractivity contribution in [2.75, 3.05) is 0 Å². The van der Waals surface area contributed by atoms with Gasteiger partial charge in [0.05, 0.1) is 10.6 Å². The van der Waals surface area contributed by atoms with Crippen LogP contribution in [0.15, 0.2) is 65.7 Å². The highest BCUT2D eigenvalue weighted by atomic mass is 32.2. The van der Waals surface area contributed by atoms with E-state index in [1.807, 2.05) is 0 Å². The van der Waals surface area contributed by atoms with Gasteiger partial charge in [-0.05, 0) is 24.3 Å². The molecule has 110 valence electrons. The highest BCUT2D eigenvalue weighted by Crippen LogP contribution is 2.31. The third-order valence-corrected chi connectivity index (χ3v) is 4.35. The molecule has 1 heterocycles. The summed E-state index contributed by atoms with van der Waals surface area (Å²) < 4.78 is 62.8. The largest absolute Gasteiger partial charge is 0.411 e. The van der Waals surface area contributed by atoms with Crippen LogP contribution in [0.5, 0.6) is 0 Å². The third-order valence-electron chi connectivity index (χ3n) is 2.56. The zero-order valence-electron chi connectivity index (χ0n) is 10.6. The van der Waals surface area contributed by atoms with E-state index in [-0.39, 0.29) is 16.7 Å². The number of benzene rings is 1. The molecule has 0 spiro atoms. The molecular weight excluding hydrogens is 303 g/mol. The van der Waals surface area contributed by atoms with E-state index in [9.17, 15) is 21.6 Å². The Bertz CT molecular complexity index is 739. The summed E-state index contributed by atoms with van der Waals surface area (Å²) in [7, 11) is -4.31. The molecule has 21 heavy (non-hydrogen) atoms. The van der Waals surface area contributed by atoms with Crippen LogP contribution in [0.3, 0.4) is 0 Å². The number of halogens is 3. The average Bonchev–Trinajstić information content (AvgIpc) is 2.46. The fourth-order valence-electron chi connectivity index (χ4n) is 1.67. The van der Waals surface area contributed by atoms with Crippen molar-refractivity contribution >= 4 is 14.7 Å². The minimum absolute atomic E-state index is 0.217. The minimum atomic E-state index is -4.77.